The number of amides is 1. The molecule has 0 aliphatic carbocycles. The van der Waals surface area contributed by atoms with Crippen LogP contribution in [0, 0.1) is 0 Å². The van der Waals surface area contributed by atoms with Crippen molar-refractivity contribution in [2.45, 2.75) is 26.7 Å². The van der Waals surface area contributed by atoms with Crippen LogP contribution in [0.1, 0.15) is 26.0 Å². The van der Waals surface area contributed by atoms with Gasteiger partial charge >= 0.3 is 0 Å². The molecule has 3 aromatic rings. The molecule has 7 heteroatoms. The summed E-state index contributed by atoms with van der Waals surface area (Å²) >= 11 is 1.56. The minimum absolute atomic E-state index is 0.0546. The van der Waals surface area contributed by atoms with Crippen LogP contribution in [-0.4, -0.2) is 53.5 Å². The van der Waals surface area contributed by atoms with E-state index in [-0.39, 0.29) is 5.91 Å². The first-order valence-electron chi connectivity index (χ1n) is 9.73. The first-order chi connectivity index (χ1) is 13.6. The Morgan fingerprint density at radius 2 is 2.00 bits per heavy atom. The Labute approximate surface area is 170 Å². The lowest BCUT2D eigenvalue weighted by Crippen LogP contribution is -2.30. The van der Waals surface area contributed by atoms with Crippen molar-refractivity contribution in [3.8, 4) is 17.0 Å². The summed E-state index contributed by atoms with van der Waals surface area (Å²) in [4.78, 5) is 20.3. The van der Waals surface area contributed by atoms with E-state index in [0.29, 0.717) is 13.0 Å². The van der Waals surface area contributed by atoms with E-state index < -0.39 is 0 Å². The van der Waals surface area contributed by atoms with Gasteiger partial charge in [0, 0.05) is 29.4 Å². The van der Waals surface area contributed by atoms with Gasteiger partial charge in [0.1, 0.15) is 5.75 Å². The normalized spacial score (nSPS) is 11.3. The third-order valence-corrected chi connectivity index (χ3v) is 5.77. The number of methoxy groups -OCH3 is 1. The van der Waals surface area contributed by atoms with Crippen molar-refractivity contribution in [1.29, 1.82) is 0 Å². The van der Waals surface area contributed by atoms with Gasteiger partial charge in [0.2, 0.25) is 5.91 Å². The molecule has 150 valence electrons. The molecule has 0 aliphatic rings. The second-order valence-electron chi connectivity index (χ2n) is 6.64. The molecule has 3 rings (SSSR count). The summed E-state index contributed by atoms with van der Waals surface area (Å²) in [5, 5.41) is 5.04. The number of carbonyl (C=O) groups is 1. The Hall–Kier alpha value is -2.38. The van der Waals surface area contributed by atoms with Crippen molar-refractivity contribution >= 4 is 22.2 Å². The maximum absolute atomic E-state index is 12.3. The molecule has 28 heavy (non-hydrogen) atoms. The van der Waals surface area contributed by atoms with Gasteiger partial charge in [-0.3, -0.25) is 9.20 Å². The fraction of sp³-hybridized carbons (Fsp3) is 0.429. The number of aromatic nitrogens is 2. The number of hydrogen-bond donors (Lipinski definition) is 1. The Balaban J connectivity index is 1.59. The van der Waals surface area contributed by atoms with Crippen molar-refractivity contribution in [3.63, 3.8) is 0 Å². The molecule has 1 aromatic carbocycles. The molecule has 0 spiro atoms. The maximum atomic E-state index is 12.3. The second-order valence-corrected chi connectivity index (χ2v) is 7.48. The Morgan fingerprint density at radius 1 is 1.25 bits per heavy atom. The van der Waals surface area contributed by atoms with E-state index in [9.17, 15) is 4.79 Å². The fourth-order valence-electron chi connectivity index (χ4n) is 3.15. The zero-order valence-corrected chi connectivity index (χ0v) is 17.6. The first-order valence-corrected chi connectivity index (χ1v) is 10.6. The second kappa shape index (κ2) is 9.71. The number of nitrogens with one attached hydrogen (secondary N) is 1. The SMILES string of the molecule is CCN(CC)CCCNC(=O)Cc1csc2nc(-c3ccc(OC)cc3)cn12. The van der Waals surface area contributed by atoms with E-state index in [1.165, 1.54) is 0 Å². The van der Waals surface area contributed by atoms with Crippen LogP contribution in [0.15, 0.2) is 35.8 Å². The highest BCUT2D eigenvalue weighted by Gasteiger charge is 2.12. The van der Waals surface area contributed by atoms with E-state index >= 15 is 0 Å². The minimum atomic E-state index is 0.0546. The number of ether oxygens (including phenoxy) is 1. The topological polar surface area (TPSA) is 58.9 Å². The number of benzene rings is 1. The van der Waals surface area contributed by atoms with Gasteiger partial charge in [0.15, 0.2) is 4.96 Å². The highest BCUT2D eigenvalue weighted by atomic mass is 32.1. The van der Waals surface area contributed by atoms with Gasteiger partial charge in [0.05, 0.1) is 19.2 Å². The van der Waals surface area contributed by atoms with Crippen LogP contribution in [0.2, 0.25) is 0 Å². The molecule has 0 aliphatic heterocycles. The van der Waals surface area contributed by atoms with Crippen LogP contribution < -0.4 is 10.1 Å². The molecular weight excluding hydrogens is 372 g/mol. The van der Waals surface area contributed by atoms with Crippen molar-refractivity contribution in [2.75, 3.05) is 33.3 Å². The van der Waals surface area contributed by atoms with Crippen molar-refractivity contribution < 1.29 is 9.53 Å². The van der Waals surface area contributed by atoms with Crippen molar-refractivity contribution in [2.24, 2.45) is 0 Å². The van der Waals surface area contributed by atoms with Crippen LogP contribution in [0.4, 0.5) is 0 Å². The smallest absolute Gasteiger partial charge is 0.225 e. The lowest BCUT2D eigenvalue weighted by molar-refractivity contribution is -0.120. The molecule has 0 fully saturated rings. The molecule has 1 N–H and O–H groups in total. The number of fused-ring (bicyclic) bond motifs is 1. The lowest BCUT2D eigenvalue weighted by Gasteiger charge is -2.17. The highest BCUT2D eigenvalue weighted by molar-refractivity contribution is 7.15. The van der Waals surface area contributed by atoms with Gasteiger partial charge in [-0.2, -0.15) is 0 Å². The van der Waals surface area contributed by atoms with Crippen LogP contribution in [-0.2, 0) is 11.2 Å². The Bertz CT molecular complexity index is 897. The number of rotatable bonds is 10. The van der Waals surface area contributed by atoms with Gasteiger partial charge in [-0.05, 0) is 50.3 Å². The number of nitrogens with zero attached hydrogens (tertiary/aromatic N) is 3. The number of hydrogen-bond acceptors (Lipinski definition) is 5. The average Bonchev–Trinajstić information content (AvgIpc) is 3.30. The average molecular weight is 401 g/mol. The molecule has 0 unspecified atom stereocenters. The summed E-state index contributed by atoms with van der Waals surface area (Å²) in [6.07, 6.45) is 3.33. The van der Waals surface area contributed by atoms with Crippen molar-refractivity contribution in [1.82, 2.24) is 19.6 Å². The number of imidazole rings is 1. The fourth-order valence-corrected chi connectivity index (χ4v) is 4.03. The van der Waals surface area contributed by atoms with Crippen LogP contribution in [0.5, 0.6) is 5.75 Å². The van der Waals surface area contributed by atoms with E-state index in [4.69, 9.17) is 4.74 Å². The monoisotopic (exact) mass is 400 g/mol. The Morgan fingerprint density at radius 3 is 2.68 bits per heavy atom. The van der Waals surface area contributed by atoms with Gasteiger partial charge in [-0.1, -0.05) is 13.8 Å². The van der Waals surface area contributed by atoms with Gasteiger partial charge in [-0.25, -0.2) is 4.98 Å². The Kier molecular flexibility index (Phi) is 7.06. The van der Waals surface area contributed by atoms with Crippen molar-refractivity contribution in [3.05, 3.63) is 41.5 Å². The minimum Gasteiger partial charge on any atom is -0.497 e. The molecule has 0 atom stereocenters. The van der Waals surface area contributed by atoms with E-state index in [2.05, 4.69) is 29.0 Å². The summed E-state index contributed by atoms with van der Waals surface area (Å²) in [5.74, 6) is 0.877. The molecule has 0 saturated carbocycles. The lowest BCUT2D eigenvalue weighted by atomic mass is 10.2. The molecule has 0 bridgehead atoms. The predicted molar refractivity (Wildman–Crippen MR) is 114 cm³/mol. The summed E-state index contributed by atoms with van der Waals surface area (Å²) < 4.78 is 7.22. The number of carbonyl (C=O) groups excluding carboxylic acids is 1. The molecule has 0 radical (unpaired) electrons. The van der Waals surface area contributed by atoms with Crippen LogP contribution >= 0.6 is 11.3 Å². The van der Waals surface area contributed by atoms with Crippen LogP contribution in [0.25, 0.3) is 16.2 Å². The largest absolute Gasteiger partial charge is 0.497 e. The molecule has 0 saturated heterocycles. The third kappa shape index (κ3) is 4.91. The summed E-state index contributed by atoms with van der Waals surface area (Å²) in [7, 11) is 1.66. The zero-order valence-electron chi connectivity index (χ0n) is 16.8. The summed E-state index contributed by atoms with van der Waals surface area (Å²) in [6.45, 7) is 8.15. The molecular formula is C21H28N4O2S. The quantitative estimate of drug-likeness (QED) is 0.530. The third-order valence-electron chi connectivity index (χ3n) is 4.88. The molecule has 1 amide bonds. The standard InChI is InChI=1S/C21H28N4O2S/c1-4-24(5-2)12-6-11-22-20(26)13-17-15-28-21-23-19(14-25(17)21)16-7-9-18(27-3)10-8-16/h7-10,14-15H,4-6,11-13H2,1-3H3,(H,22,26). The van der Waals surface area contributed by atoms with E-state index in [1.807, 2.05) is 40.2 Å². The summed E-state index contributed by atoms with van der Waals surface area (Å²) in [6, 6.07) is 7.84. The van der Waals surface area contributed by atoms with Gasteiger partial charge in [0.25, 0.3) is 0 Å². The molecule has 2 heterocycles. The van der Waals surface area contributed by atoms with Crippen LogP contribution in [0.3, 0.4) is 0 Å². The predicted octanol–water partition coefficient (Wildman–Crippen LogP) is 3.46. The molecule has 6 nitrogen and oxygen atoms in total. The summed E-state index contributed by atoms with van der Waals surface area (Å²) in [5.41, 5.74) is 2.90. The van der Waals surface area contributed by atoms with Gasteiger partial charge < -0.3 is 15.0 Å². The van der Waals surface area contributed by atoms with Gasteiger partial charge in [-0.15, -0.1) is 11.3 Å². The highest BCUT2D eigenvalue weighted by Crippen LogP contribution is 2.25. The van der Waals surface area contributed by atoms with E-state index in [0.717, 1.165) is 53.7 Å². The first kappa shape index (κ1) is 20.4. The van der Waals surface area contributed by atoms with E-state index in [1.54, 1.807) is 18.4 Å². The zero-order chi connectivity index (χ0) is 19.9. The maximum Gasteiger partial charge on any atom is 0.225 e. The number of thiazole rings is 1. The molecule has 2 aromatic heterocycles.